The Bertz CT molecular complexity index is 1350. The van der Waals surface area contributed by atoms with Crippen LogP contribution in [0.3, 0.4) is 0 Å². The molecule has 46 heavy (non-hydrogen) atoms. The second kappa shape index (κ2) is 9.97. The first-order valence-electron chi connectivity index (χ1n) is 17.1. The third kappa shape index (κ3) is 3.68. The summed E-state index contributed by atoms with van der Waals surface area (Å²) in [6.45, 7) is 11.1. The first-order chi connectivity index (χ1) is 21.4. The average molecular weight is 650 g/mol. The molecule has 0 radical (unpaired) electrons. The summed E-state index contributed by atoms with van der Waals surface area (Å²) < 4.78 is 12.8. The van der Waals surface area contributed by atoms with Gasteiger partial charge in [0.25, 0.3) is 0 Å². The number of fused-ring (bicyclic) bond motifs is 5. The Morgan fingerprint density at radius 1 is 0.957 bits per heavy atom. The summed E-state index contributed by atoms with van der Waals surface area (Å²) in [7, 11) is 0. The molecular weight excluding hydrogens is 598 g/mol. The van der Waals surface area contributed by atoms with E-state index in [0.29, 0.717) is 50.1 Å². The molecule has 0 amide bonds. The van der Waals surface area contributed by atoms with E-state index < -0.39 is 87.1 Å². The van der Waals surface area contributed by atoms with Crippen molar-refractivity contribution in [3.05, 3.63) is 11.6 Å². The number of esters is 1. The van der Waals surface area contributed by atoms with E-state index in [1.807, 2.05) is 6.92 Å². The number of aliphatic hydroxyl groups excluding tert-OH is 1. The van der Waals surface area contributed by atoms with Crippen molar-refractivity contribution in [2.45, 2.75) is 145 Å². The summed E-state index contributed by atoms with van der Waals surface area (Å²) >= 11 is 0. The highest BCUT2D eigenvalue weighted by atomic mass is 17.2. The second-order valence-corrected chi connectivity index (χ2v) is 16.3. The van der Waals surface area contributed by atoms with Crippen LogP contribution in [0.2, 0.25) is 0 Å². The number of nitrogens with zero attached hydrogens (tertiary/aromatic N) is 1. The minimum Gasteiger partial charge on any atom is -0.453 e. The zero-order valence-electron chi connectivity index (χ0n) is 27.8. The molecule has 7 fully saturated rings. The fourth-order valence-corrected chi connectivity index (χ4v) is 12.0. The number of ether oxygens (including phenoxy) is 2. The SMILES string of the molecule is C/C=C(\C)C(=O)O[C@H]1CC[C@@]2(C)[C@@H]3CC[C@H]4[C@@]2(C[C@@]2(O)[C@@H]5CN6C[C@@H](C)CC[C@H]6[C@@](C)(O)[C@@]5(O)[C@@H](O)C[C@@]42OOC(C)=O)O[C@]13O. The van der Waals surface area contributed by atoms with Crippen molar-refractivity contribution in [1.82, 2.24) is 4.90 Å². The molecule has 0 aromatic heterocycles. The standard InChI is InChI=1S/C34H51NO11/c1-7-19(3)27(38)43-26-12-13-28(5)21-9-10-22-31(46-44-20(4)36)14-25(37)33(41)23(30(31,40)17-32(22,28)45-34(21,26)42)16-35-15-18(2)8-11-24(35)29(33,6)39/h7,18,21-26,37,39-42H,8-17H2,1-6H3/b19-7+/t18-,21-,22+,23-,24-,25-,26-,28-,29+,30+,31+,32+,33-,34-/m0/s1. The Morgan fingerprint density at radius 3 is 2.33 bits per heavy atom. The van der Waals surface area contributed by atoms with E-state index in [2.05, 4.69) is 11.8 Å². The maximum absolute atomic E-state index is 13.3. The third-order valence-corrected chi connectivity index (χ3v) is 14.3. The molecule has 0 aromatic rings. The van der Waals surface area contributed by atoms with E-state index in [4.69, 9.17) is 19.2 Å². The predicted molar refractivity (Wildman–Crippen MR) is 160 cm³/mol. The van der Waals surface area contributed by atoms with E-state index in [-0.39, 0.29) is 19.4 Å². The Hall–Kier alpha value is -1.64. The summed E-state index contributed by atoms with van der Waals surface area (Å²) in [6.07, 6.45) is 1.83. The number of rotatable bonds is 4. The van der Waals surface area contributed by atoms with Crippen molar-refractivity contribution in [3.63, 3.8) is 0 Å². The van der Waals surface area contributed by atoms with Crippen LogP contribution in [0.15, 0.2) is 11.6 Å². The van der Waals surface area contributed by atoms with Crippen LogP contribution >= 0.6 is 0 Å². The van der Waals surface area contributed by atoms with Crippen molar-refractivity contribution < 1.29 is 54.4 Å². The van der Waals surface area contributed by atoms with E-state index in [1.165, 1.54) is 6.92 Å². The van der Waals surface area contributed by atoms with Gasteiger partial charge in [-0.05, 0) is 65.2 Å². The van der Waals surface area contributed by atoms with Crippen molar-refractivity contribution in [2.75, 3.05) is 13.1 Å². The average Bonchev–Trinajstić information content (AvgIpc) is 3.18. The van der Waals surface area contributed by atoms with Gasteiger partial charge in [0, 0.05) is 67.6 Å². The molecule has 3 saturated heterocycles. The highest BCUT2D eigenvalue weighted by Gasteiger charge is 2.90. The van der Waals surface area contributed by atoms with Crippen LogP contribution in [-0.2, 0) is 28.8 Å². The monoisotopic (exact) mass is 649 g/mol. The molecule has 1 spiro atoms. The Kier molecular flexibility index (Phi) is 7.12. The lowest BCUT2D eigenvalue weighted by atomic mass is 9.49. The van der Waals surface area contributed by atoms with Gasteiger partial charge in [-0.25, -0.2) is 9.59 Å². The number of hydrogen-bond donors (Lipinski definition) is 5. The molecule has 258 valence electrons. The van der Waals surface area contributed by atoms with Crippen molar-refractivity contribution >= 4 is 11.9 Å². The second-order valence-electron chi connectivity index (χ2n) is 16.3. The maximum atomic E-state index is 13.3. The molecule has 7 rings (SSSR count). The molecule has 4 bridgehead atoms. The molecular formula is C34H51NO11. The highest BCUT2D eigenvalue weighted by Crippen LogP contribution is 2.79. The zero-order valence-corrected chi connectivity index (χ0v) is 27.8. The number of carbonyl (C=O) groups excluding carboxylic acids is 2. The number of piperidine rings is 2. The number of carbonyl (C=O) groups is 2. The van der Waals surface area contributed by atoms with Gasteiger partial charge >= 0.3 is 11.9 Å². The largest absolute Gasteiger partial charge is 0.453 e. The summed E-state index contributed by atoms with van der Waals surface area (Å²) in [5.41, 5.74) is -9.24. The van der Waals surface area contributed by atoms with Crippen molar-refractivity contribution in [1.29, 1.82) is 0 Å². The topological polar surface area (TPSA) is 175 Å². The minimum atomic E-state index is -2.14. The predicted octanol–water partition coefficient (Wildman–Crippen LogP) is 1.49. The lowest BCUT2D eigenvalue weighted by Gasteiger charge is -2.68. The van der Waals surface area contributed by atoms with Gasteiger partial charge < -0.3 is 35.0 Å². The molecule has 12 heteroatoms. The quantitative estimate of drug-likeness (QED) is 0.129. The molecule has 0 unspecified atom stereocenters. The number of hydrogen-bond acceptors (Lipinski definition) is 12. The highest BCUT2D eigenvalue weighted by molar-refractivity contribution is 5.87. The van der Waals surface area contributed by atoms with E-state index >= 15 is 0 Å². The lowest BCUT2D eigenvalue weighted by Crippen LogP contribution is -2.85. The van der Waals surface area contributed by atoms with Gasteiger partial charge in [0.05, 0.1) is 11.7 Å². The summed E-state index contributed by atoms with van der Waals surface area (Å²) in [4.78, 5) is 38.6. The van der Waals surface area contributed by atoms with Crippen molar-refractivity contribution in [3.8, 4) is 0 Å². The minimum absolute atomic E-state index is 0.111. The molecule has 14 atom stereocenters. The van der Waals surface area contributed by atoms with Crippen molar-refractivity contribution in [2.24, 2.45) is 29.1 Å². The molecule has 5 N–H and O–H groups in total. The lowest BCUT2D eigenvalue weighted by molar-refractivity contribution is -0.424. The Labute approximate surface area is 269 Å². The number of aliphatic hydroxyl groups is 5. The van der Waals surface area contributed by atoms with Crippen LogP contribution in [-0.4, -0.2) is 108 Å². The van der Waals surface area contributed by atoms with Gasteiger partial charge in [0.15, 0.2) is 11.7 Å². The first kappa shape index (κ1) is 32.9. The van der Waals surface area contributed by atoms with Crippen LogP contribution in [0.25, 0.3) is 0 Å². The molecule has 3 aliphatic heterocycles. The smallest absolute Gasteiger partial charge is 0.339 e. The molecule has 3 heterocycles. The van der Waals surface area contributed by atoms with E-state index in [0.717, 1.165) is 6.42 Å². The maximum Gasteiger partial charge on any atom is 0.339 e. The summed E-state index contributed by atoms with van der Waals surface area (Å²) in [5, 5.41) is 62.6. The summed E-state index contributed by atoms with van der Waals surface area (Å²) in [6, 6.07) is -0.437. The van der Waals surface area contributed by atoms with Crippen LogP contribution < -0.4 is 0 Å². The normalized spacial score (nSPS) is 55.9. The molecule has 4 aliphatic carbocycles. The van der Waals surface area contributed by atoms with Crippen LogP contribution in [0.4, 0.5) is 0 Å². The fraction of sp³-hybridized carbons (Fsp3) is 0.882. The van der Waals surface area contributed by atoms with Gasteiger partial charge in [-0.15, -0.1) is 0 Å². The van der Waals surface area contributed by atoms with Gasteiger partial charge in [-0.2, -0.15) is 4.89 Å². The molecule has 0 aromatic carbocycles. The molecule has 7 aliphatic rings. The molecule has 12 nitrogen and oxygen atoms in total. The van der Waals surface area contributed by atoms with Gasteiger partial charge in [-0.1, -0.05) is 19.9 Å². The van der Waals surface area contributed by atoms with E-state index in [1.54, 1.807) is 26.8 Å². The van der Waals surface area contributed by atoms with Crippen LogP contribution in [0.5, 0.6) is 0 Å². The Balaban J connectivity index is 1.37. The number of allylic oxidation sites excluding steroid dienone is 1. The fourth-order valence-electron chi connectivity index (χ4n) is 12.0. The van der Waals surface area contributed by atoms with Crippen LogP contribution in [0.1, 0.15) is 92.9 Å². The summed E-state index contributed by atoms with van der Waals surface area (Å²) in [5.74, 6) is -5.10. The Morgan fingerprint density at radius 2 is 1.65 bits per heavy atom. The van der Waals surface area contributed by atoms with Crippen LogP contribution in [0, 0.1) is 29.1 Å². The van der Waals surface area contributed by atoms with Gasteiger partial charge in [0.2, 0.25) is 5.79 Å². The zero-order chi connectivity index (χ0) is 33.5. The van der Waals surface area contributed by atoms with Gasteiger partial charge in [0.1, 0.15) is 16.8 Å². The first-order valence-corrected chi connectivity index (χ1v) is 17.1. The third-order valence-electron chi connectivity index (χ3n) is 14.3. The van der Waals surface area contributed by atoms with Gasteiger partial charge in [-0.3, -0.25) is 9.79 Å². The molecule has 4 saturated carbocycles. The van der Waals surface area contributed by atoms with E-state index in [9.17, 15) is 35.1 Å².